The molecule has 2 saturated heterocycles. The van der Waals surface area contributed by atoms with Gasteiger partial charge in [0.25, 0.3) is 5.91 Å². The lowest BCUT2D eigenvalue weighted by atomic mass is 10.2. The van der Waals surface area contributed by atoms with E-state index in [0.29, 0.717) is 24.7 Å². The number of likely N-dealkylation sites (tertiary alicyclic amines) is 1. The molecule has 0 bridgehead atoms. The SMILES string of the molecule is CCN(CC)S(=O)(=O)c1ccc(C(=O)N2CCC(N3CCNCC3)C2)cc1. The lowest BCUT2D eigenvalue weighted by molar-refractivity contribution is 0.0773. The van der Waals surface area contributed by atoms with Gasteiger partial charge in [-0.15, -0.1) is 0 Å². The minimum Gasteiger partial charge on any atom is -0.337 e. The number of carbonyl (C=O) groups excluding carboxylic acids is 1. The van der Waals surface area contributed by atoms with Crippen LogP contribution in [0.5, 0.6) is 0 Å². The summed E-state index contributed by atoms with van der Waals surface area (Å²) in [7, 11) is -3.49. The van der Waals surface area contributed by atoms with E-state index in [0.717, 1.165) is 45.7 Å². The summed E-state index contributed by atoms with van der Waals surface area (Å²) >= 11 is 0. The first kappa shape index (κ1) is 20.3. The average molecular weight is 395 g/mol. The van der Waals surface area contributed by atoms with Gasteiger partial charge < -0.3 is 10.2 Å². The van der Waals surface area contributed by atoms with Crippen LogP contribution in [-0.2, 0) is 10.0 Å². The zero-order valence-corrected chi connectivity index (χ0v) is 17.0. The van der Waals surface area contributed by atoms with Crippen LogP contribution in [0, 0.1) is 0 Å². The smallest absolute Gasteiger partial charge is 0.253 e. The topological polar surface area (TPSA) is 73.0 Å². The van der Waals surface area contributed by atoms with E-state index in [-0.39, 0.29) is 10.8 Å². The highest BCUT2D eigenvalue weighted by molar-refractivity contribution is 7.89. The fourth-order valence-corrected chi connectivity index (χ4v) is 5.39. The number of hydrogen-bond acceptors (Lipinski definition) is 5. The Balaban J connectivity index is 1.66. The van der Waals surface area contributed by atoms with E-state index in [1.807, 2.05) is 18.7 Å². The third-order valence-corrected chi connectivity index (χ3v) is 7.63. The molecule has 1 atom stereocenters. The molecule has 0 spiro atoms. The van der Waals surface area contributed by atoms with Gasteiger partial charge in [-0.3, -0.25) is 9.69 Å². The maximum Gasteiger partial charge on any atom is 0.253 e. The van der Waals surface area contributed by atoms with Crippen molar-refractivity contribution in [1.82, 2.24) is 19.4 Å². The van der Waals surface area contributed by atoms with Crippen LogP contribution < -0.4 is 5.32 Å². The molecular formula is C19H30N4O3S. The third kappa shape index (κ3) is 4.34. The second-order valence-corrected chi connectivity index (χ2v) is 9.03. The summed E-state index contributed by atoms with van der Waals surface area (Å²) in [6, 6.07) is 6.79. The first-order valence-electron chi connectivity index (χ1n) is 9.81. The summed E-state index contributed by atoms with van der Waals surface area (Å²) in [4.78, 5) is 17.4. The van der Waals surface area contributed by atoms with Gasteiger partial charge in [-0.1, -0.05) is 13.8 Å². The molecule has 1 N–H and O–H groups in total. The number of nitrogens with one attached hydrogen (secondary N) is 1. The van der Waals surface area contributed by atoms with Crippen molar-refractivity contribution in [3.05, 3.63) is 29.8 Å². The number of carbonyl (C=O) groups is 1. The van der Waals surface area contributed by atoms with Gasteiger partial charge in [0.15, 0.2) is 0 Å². The Labute approximate surface area is 162 Å². The van der Waals surface area contributed by atoms with Gasteiger partial charge in [0.2, 0.25) is 10.0 Å². The van der Waals surface area contributed by atoms with Crippen molar-refractivity contribution in [2.75, 3.05) is 52.4 Å². The summed E-state index contributed by atoms with van der Waals surface area (Å²) in [5.41, 5.74) is 0.550. The second kappa shape index (κ2) is 8.68. The number of amides is 1. The summed E-state index contributed by atoms with van der Waals surface area (Å²) in [6.07, 6.45) is 1.00. The van der Waals surface area contributed by atoms with Crippen LogP contribution >= 0.6 is 0 Å². The molecule has 150 valence electrons. The Bertz CT molecular complexity index is 741. The molecule has 27 heavy (non-hydrogen) atoms. The Morgan fingerprint density at radius 1 is 1.11 bits per heavy atom. The van der Waals surface area contributed by atoms with E-state index >= 15 is 0 Å². The normalized spacial score (nSPS) is 21.7. The van der Waals surface area contributed by atoms with E-state index in [2.05, 4.69) is 10.2 Å². The van der Waals surface area contributed by atoms with E-state index in [1.165, 1.54) is 4.31 Å². The maximum atomic E-state index is 12.8. The first-order chi connectivity index (χ1) is 13.0. The highest BCUT2D eigenvalue weighted by Crippen LogP contribution is 2.21. The summed E-state index contributed by atoms with van der Waals surface area (Å²) in [5, 5.41) is 3.36. The van der Waals surface area contributed by atoms with E-state index < -0.39 is 10.0 Å². The summed E-state index contributed by atoms with van der Waals surface area (Å²) in [6.45, 7) is 10.1. The highest BCUT2D eigenvalue weighted by atomic mass is 32.2. The molecule has 0 aliphatic carbocycles. The minimum absolute atomic E-state index is 0.0144. The molecule has 0 saturated carbocycles. The van der Waals surface area contributed by atoms with Crippen LogP contribution in [0.3, 0.4) is 0 Å². The molecule has 1 aromatic carbocycles. The number of rotatable bonds is 6. The predicted octanol–water partition coefficient (Wildman–Crippen LogP) is 0.837. The number of nitrogens with zero attached hydrogens (tertiary/aromatic N) is 3. The second-order valence-electron chi connectivity index (χ2n) is 7.09. The van der Waals surface area contributed by atoms with E-state index in [4.69, 9.17) is 0 Å². The summed E-state index contributed by atoms with van der Waals surface area (Å²) in [5.74, 6) is -0.0144. The van der Waals surface area contributed by atoms with Gasteiger partial charge in [-0.25, -0.2) is 8.42 Å². The van der Waals surface area contributed by atoms with Gasteiger partial charge >= 0.3 is 0 Å². The van der Waals surface area contributed by atoms with Gasteiger partial charge in [0, 0.05) is 64.0 Å². The van der Waals surface area contributed by atoms with Crippen LogP contribution in [-0.4, -0.2) is 86.8 Å². The maximum absolute atomic E-state index is 12.8. The number of sulfonamides is 1. The molecule has 8 heteroatoms. The highest BCUT2D eigenvalue weighted by Gasteiger charge is 2.31. The van der Waals surface area contributed by atoms with Crippen LogP contribution in [0.4, 0.5) is 0 Å². The zero-order chi connectivity index (χ0) is 19.4. The standard InChI is InChI=1S/C19H30N4O3S/c1-3-23(4-2)27(25,26)18-7-5-16(6-8-18)19(24)22-12-9-17(15-22)21-13-10-20-11-14-21/h5-8,17,20H,3-4,9-15H2,1-2H3. The predicted molar refractivity (Wildman–Crippen MR) is 105 cm³/mol. The van der Waals surface area contributed by atoms with Crippen LogP contribution in [0.15, 0.2) is 29.2 Å². The molecule has 2 aliphatic heterocycles. The van der Waals surface area contributed by atoms with Crippen molar-refractivity contribution in [3.8, 4) is 0 Å². The summed E-state index contributed by atoms with van der Waals surface area (Å²) < 4.78 is 26.6. The Morgan fingerprint density at radius 3 is 2.33 bits per heavy atom. The largest absolute Gasteiger partial charge is 0.337 e. The van der Waals surface area contributed by atoms with Crippen molar-refractivity contribution in [3.63, 3.8) is 0 Å². The van der Waals surface area contributed by atoms with Gasteiger partial charge in [0.05, 0.1) is 4.90 Å². The van der Waals surface area contributed by atoms with E-state index in [9.17, 15) is 13.2 Å². The Morgan fingerprint density at radius 2 is 1.74 bits per heavy atom. The van der Waals surface area contributed by atoms with Crippen LogP contribution in [0.1, 0.15) is 30.6 Å². The molecule has 1 aromatic rings. The molecule has 0 radical (unpaired) electrons. The van der Waals surface area contributed by atoms with Crippen molar-refractivity contribution in [1.29, 1.82) is 0 Å². The van der Waals surface area contributed by atoms with Crippen LogP contribution in [0.25, 0.3) is 0 Å². The molecule has 2 heterocycles. The quantitative estimate of drug-likeness (QED) is 0.774. The molecule has 2 aliphatic rings. The lowest BCUT2D eigenvalue weighted by Gasteiger charge is -2.32. The van der Waals surface area contributed by atoms with Crippen molar-refractivity contribution >= 4 is 15.9 Å². The Hall–Kier alpha value is -1.48. The molecule has 1 unspecified atom stereocenters. The molecule has 7 nitrogen and oxygen atoms in total. The molecule has 0 aromatic heterocycles. The van der Waals surface area contributed by atoms with Crippen LogP contribution in [0.2, 0.25) is 0 Å². The van der Waals surface area contributed by atoms with Gasteiger partial charge in [-0.05, 0) is 30.7 Å². The fourth-order valence-electron chi connectivity index (χ4n) is 3.94. The Kier molecular flexibility index (Phi) is 6.52. The number of piperazine rings is 1. The first-order valence-corrected chi connectivity index (χ1v) is 11.3. The zero-order valence-electron chi connectivity index (χ0n) is 16.2. The molecular weight excluding hydrogens is 364 g/mol. The molecule has 3 rings (SSSR count). The van der Waals surface area contributed by atoms with Crippen molar-refractivity contribution in [2.24, 2.45) is 0 Å². The monoisotopic (exact) mass is 394 g/mol. The molecule has 2 fully saturated rings. The fraction of sp³-hybridized carbons (Fsp3) is 0.632. The van der Waals surface area contributed by atoms with Gasteiger partial charge in [-0.2, -0.15) is 4.31 Å². The molecule has 1 amide bonds. The van der Waals surface area contributed by atoms with Crippen molar-refractivity contribution in [2.45, 2.75) is 31.2 Å². The number of hydrogen-bond donors (Lipinski definition) is 1. The van der Waals surface area contributed by atoms with E-state index in [1.54, 1.807) is 24.3 Å². The third-order valence-electron chi connectivity index (χ3n) is 5.56. The van der Waals surface area contributed by atoms with Gasteiger partial charge in [0.1, 0.15) is 0 Å². The average Bonchev–Trinajstić information content (AvgIpc) is 3.19. The lowest BCUT2D eigenvalue weighted by Crippen LogP contribution is -2.49. The minimum atomic E-state index is -3.49. The van der Waals surface area contributed by atoms with Crippen molar-refractivity contribution < 1.29 is 13.2 Å². The number of benzene rings is 1.